The maximum Gasteiger partial charge on any atom is 0.132 e. The van der Waals surface area contributed by atoms with Gasteiger partial charge in [-0.25, -0.2) is 0 Å². The van der Waals surface area contributed by atoms with Crippen molar-refractivity contribution in [1.82, 2.24) is 4.57 Å². The van der Waals surface area contributed by atoms with E-state index in [1.165, 1.54) is 21.8 Å². The van der Waals surface area contributed by atoms with Gasteiger partial charge in [0, 0.05) is 41.2 Å². The Labute approximate surface area is 143 Å². The number of carbonyl (C=O) groups is 1. The molecule has 0 spiro atoms. The number of hydrogen-bond acceptors (Lipinski definition) is 2. The molecule has 0 amide bonds. The van der Waals surface area contributed by atoms with Crippen molar-refractivity contribution in [3.8, 4) is 0 Å². The summed E-state index contributed by atoms with van der Waals surface area (Å²) in [5.74, 6) is 0.359. The van der Waals surface area contributed by atoms with Crippen LogP contribution in [0, 0.1) is 0 Å². The summed E-state index contributed by atoms with van der Waals surface area (Å²) in [5.41, 5.74) is 8.05. The Hall–Kier alpha value is -2.13. The quantitative estimate of drug-likeness (QED) is 0.582. The molecule has 1 heterocycles. The van der Waals surface area contributed by atoms with E-state index >= 15 is 0 Å². The van der Waals surface area contributed by atoms with Crippen LogP contribution >= 0.6 is 0 Å². The van der Waals surface area contributed by atoms with E-state index in [2.05, 4.69) is 53.1 Å². The summed E-state index contributed by atoms with van der Waals surface area (Å²) in [6.07, 6.45) is 5.35. The minimum atomic E-state index is 0.359. The molecule has 2 aromatic carbocycles. The number of unbranched alkanes of at least 4 members (excludes halogenated alkanes) is 2. The molecule has 1 aromatic heterocycles. The van der Waals surface area contributed by atoms with Crippen molar-refractivity contribution >= 4 is 27.6 Å². The van der Waals surface area contributed by atoms with E-state index in [1.54, 1.807) is 0 Å². The lowest BCUT2D eigenvalue weighted by atomic mass is 10.1. The number of Topliss-reactive ketones (excluding diaryl/α,β-unsaturated/α-hetero) is 1. The van der Waals surface area contributed by atoms with Gasteiger partial charge in [-0.15, -0.1) is 0 Å². The number of aromatic nitrogens is 1. The number of nitrogens with two attached hydrogens (primary N) is 1. The van der Waals surface area contributed by atoms with E-state index in [-0.39, 0.29) is 0 Å². The third-order valence-corrected chi connectivity index (χ3v) is 4.68. The molecule has 0 unspecified atom stereocenters. The van der Waals surface area contributed by atoms with E-state index in [9.17, 15) is 4.79 Å². The van der Waals surface area contributed by atoms with Gasteiger partial charge in [0.2, 0.25) is 0 Å². The Balaban J connectivity index is 1.62. The number of fused-ring (bicyclic) bond motifs is 3. The van der Waals surface area contributed by atoms with E-state index in [0.717, 1.165) is 32.2 Å². The van der Waals surface area contributed by atoms with Crippen LogP contribution in [0.3, 0.4) is 0 Å². The SMILES string of the molecule is NCCCC(=O)CCCCCn1c2ccccc2c2ccccc21. The smallest absolute Gasteiger partial charge is 0.132 e. The summed E-state index contributed by atoms with van der Waals surface area (Å²) in [6, 6.07) is 17.2. The summed E-state index contributed by atoms with van der Waals surface area (Å²) < 4.78 is 2.42. The minimum Gasteiger partial charge on any atom is -0.340 e. The summed E-state index contributed by atoms with van der Waals surface area (Å²) in [5, 5.41) is 2.65. The van der Waals surface area contributed by atoms with Crippen molar-refractivity contribution in [1.29, 1.82) is 0 Å². The zero-order valence-corrected chi connectivity index (χ0v) is 14.2. The Morgan fingerprint density at radius 2 is 1.38 bits per heavy atom. The van der Waals surface area contributed by atoms with Crippen molar-refractivity contribution in [2.45, 2.75) is 45.1 Å². The van der Waals surface area contributed by atoms with Gasteiger partial charge >= 0.3 is 0 Å². The fourth-order valence-corrected chi connectivity index (χ4v) is 3.44. The van der Waals surface area contributed by atoms with Crippen LogP contribution in [0.4, 0.5) is 0 Å². The van der Waals surface area contributed by atoms with Gasteiger partial charge in [0.25, 0.3) is 0 Å². The summed E-state index contributed by atoms with van der Waals surface area (Å²) in [6.45, 7) is 1.62. The molecule has 0 aliphatic rings. The van der Waals surface area contributed by atoms with Crippen molar-refractivity contribution in [2.24, 2.45) is 5.73 Å². The van der Waals surface area contributed by atoms with Crippen LogP contribution in [0.1, 0.15) is 38.5 Å². The highest BCUT2D eigenvalue weighted by molar-refractivity contribution is 6.07. The molecule has 126 valence electrons. The maximum atomic E-state index is 11.7. The van der Waals surface area contributed by atoms with Crippen LogP contribution in [0.15, 0.2) is 48.5 Å². The first-order valence-corrected chi connectivity index (χ1v) is 8.99. The van der Waals surface area contributed by atoms with Crippen LogP contribution in [0.5, 0.6) is 0 Å². The van der Waals surface area contributed by atoms with Gasteiger partial charge in [0.05, 0.1) is 0 Å². The van der Waals surface area contributed by atoms with Crippen LogP contribution in [0.25, 0.3) is 21.8 Å². The molecule has 0 saturated heterocycles. The molecule has 0 bridgehead atoms. The Bertz CT molecular complexity index is 766. The maximum absolute atomic E-state index is 11.7. The molecule has 3 rings (SSSR count). The highest BCUT2D eigenvalue weighted by Gasteiger charge is 2.09. The third kappa shape index (κ3) is 3.68. The topological polar surface area (TPSA) is 48.0 Å². The first kappa shape index (κ1) is 16.7. The van der Waals surface area contributed by atoms with E-state index < -0.39 is 0 Å². The molecule has 0 atom stereocenters. The summed E-state index contributed by atoms with van der Waals surface area (Å²) in [7, 11) is 0. The van der Waals surface area contributed by atoms with Gasteiger partial charge in [-0.2, -0.15) is 0 Å². The van der Waals surface area contributed by atoms with E-state index in [1.807, 2.05) is 0 Å². The molecule has 2 N–H and O–H groups in total. The minimum absolute atomic E-state index is 0.359. The van der Waals surface area contributed by atoms with Crippen LogP contribution < -0.4 is 5.73 Å². The monoisotopic (exact) mass is 322 g/mol. The average molecular weight is 322 g/mol. The number of rotatable bonds is 9. The second kappa shape index (κ2) is 8.11. The zero-order valence-electron chi connectivity index (χ0n) is 14.2. The van der Waals surface area contributed by atoms with Crippen LogP contribution in [0.2, 0.25) is 0 Å². The van der Waals surface area contributed by atoms with E-state index in [4.69, 9.17) is 5.73 Å². The Morgan fingerprint density at radius 3 is 2.00 bits per heavy atom. The largest absolute Gasteiger partial charge is 0.340 e. The second-order valence-corrected chi connectivity index (χ2v) is 6.43. The fourth-order valence-electron chi connectivity index (χ4n) is 3.44. The highest BCUT2D eigenvalue weighted by Crippen LogP contribution is 2.29. The molecule has 0 saturated carbocycles. The number of hydrogen-bond donors (Lipinski definition) is 1. The summed E-state index contributed by atoms with van der Waals surface area (Å²) in [4.78, 5) is 11.7. The van der Waals surface area contributed by atoms with Gasteiger partial charge in [0.1, 0.15) is 5.78 Å². The van der Waals surface area contributed by atoms with Crippen LogP contribution in [-0.2, 0) is 11.3 Å². The lowest BCUT2D eigenvalue weighted by molar-refractivity contribution is -0.119. The highest BCUT2D eigenvalue weighted by atomic mass is 16.1. The molecule has 0 radical (unpaired) electrons. The van der Waals surface area contributed by atoms with Crippen molar-refractivity contribution in [2.75, 3.05) is 6.54 Å². The predicted molar refractivity (Wildman–Crippen MR) is 101 cm³/mol. The molecule has 0 aliphatic carbocycles. The number of ketones is 1. The Morgan fingerprint density at radius 1 is 0.792 bits per heavy atom. The molecule has 3 nitrogen and oxygen atoms in total. The van der Waals surface area contributed by atoms with Crippen LogP contribution in [-0.4, -0.2) is 16.9 Å². The lowest BCUT2D eigenvalue weighted by Gasteiger charge is -2.07. The van der Waals surface area contributed by atoms with Gasteiger partial charge in [0.15, 0.2) is 0 Å². The normalized spacial score (nSPS) is 11.4. The first-order chi connectivity index (χ1) is 11.8. The number of para-hydroxylation sites is 2. The molecule has 24 heavy (non-hydrogen) atoms. The number of nitrogens with zero attached hydrogens (tertiary/aromatic N) is 1. The van der Waals surface area contributed by atoms with Gasteiger partial charge in [-0.1, -0.05) is 42.8 Å². The average Bonchev–Trinajstić information content (AvgIpc) is 2.94. The van der Waals surface area contributed by atoms with Crippen molar-refractivity contribution < 1.29 is 4.79 Å². The van der Waals surface area contributed by atoms with Gasteiger partial charge < -0.3 is 10.3 Å². The molecule has 3 aromatic rings. The first-order valence-electron chi connectivity index (χ1n) is 8.99. The molecule has 0 fully saturated rings. The van der Waals surface area contributed by atoms with Gasteiger partial charge in [-0.05, 0) is 37.9 Å². The third-order valence-electron chi connectivity index (χ3n) is 4.68. The van der Waals surface area contributed by atoms with Crippen molar-refractivity contribution in [3.05, 3.63) is 48.5 Å². The summed E-state index contributed by atoms with van der Waals surface area (Å²) >= 11 is 0. The molecule has 0 aliphatic heterocycles. The molecular weight excluding hydrogens is 296 g/mol. The molecular formula is C21H26N2O. The Kier molecular flexibility index (Phi) is 5.65. The standard InChI is InChI=1S/C21H26N2O/c22-15-8-10-17(24)9-2-1-7-16-23-20-13-5-3-11-18(20)19-12-4-6-14-21(19)23/h3-6,11-14H,1-2,7-10,15-16,22H2. The predicted octanol–water partition coefficient (Wildman–Crippen LogP) is 4.66. The lowest BCUT2D eigenvalue weighted by Crippen LogP contribution is -2.04. The van der Waals surface area contributed by atoms with Gasteiger partial charge in [-0.3, -0.25) is 4.79 Å². The van der Waals surface area contributed by atoms with E-state index in [0.29, 0.717) is 25.2 Å². The zero-order chi connectivity index (χ0) is 16.8. The fraction of sp³-hybridized carbons (Fsp3) is 0.381. The number of benzene rings is 2. The van der Waals surface area contributed by atoms with Crippen molar-refractivity contribution in [3.63, 3.8) is 0 Å². The number of carbonyl (C=O) groups excluding carboxylic acids is 1. The molecule has 3 heteroatoms. The number of aryl methyl sites for hydroxylation is 1. The second-order valence-electron chi connectivity index (χ2n) is 6.43.